The van der Waals surface area contributed by atoms with Gasteiger partial charge in [0.05, 0.1) is 10.5 Å². The van der Waals surface area contributed by atoms with Crippen molar-refractivity contribution in [1.82, 2.24) is 15.0 Å². The molecule has 158 valence electrons. The van der Waals surface area contributed by atoms with Crippen molar-refractivity contribution in [3.05, 3.63) is 71.0 Å². The molecule has 3 N–H and O–H groups in total. The van der Waals surface area contributed by atoms with E-state index in [1.54, 1.807) is 24.4 Å². The van der Waals surface area contributed by atoms with E-state index in [2.05, 4.69) is 26.6 Å². The van der Waals surface area contributed by atoms with Crippen LogP contribution in [0.3, 0.4) is 0 Å². The van der Waals surface area contributed by atoms with Crippen LogP contribution < -0.4 is 10.5 Å². The van der Waals surface area contributed by atoms with Gasteiger partial charge in [-0.05, 0) is 60.9 Å². The highest BCUT2D eigenvalue weighted by molar-refractivity contribution is 7.92. The van der Waals surface area contributed by atoms with Crippen LogP contribution in [0.2, 0.25) is 5.02 Å². The fourth-order valence-electron chi connectivity index (χ4n) is 3.44. The maximum atomic E-state index is 12.7. The van der Waals surface area contributed by atoms with E-state index in [9.17, 15) is 8.42 Å². The van der Waals surface area contributed by atoms with E-state index in [1.165, 1.54) is 12.1 Å². The number of nitrogen functional groups attached to an aromatic ring is 1. The molecule has 7 nitrogen and oxygen atoms in total. The van der Waals surface area contributed by atoms with Gasteiger partial charge in [-0.15, -0.1) is 0 Å². The second kappa shape index (κ2) is 8.13. The molecular formula is C22H20ClN5O2S. The average Bonchev–Trinajstić information content (AvgIpc) is 2.73. The molecule has 4 aromatic rings. The molecule has 0 saturated heterocycles. The molecule has 2 heterocycles. The second-order valence-electron chi connectivity index (χ2n) is 7.02. The molecule has 9 heteroatoms. The minimum atomic E-state index is -3.85. The lowest BCUT2D eigenvalue weighted by Gasteiger charge is -2.13. The van der Waals surface area contributed by atoms with Crippen molar-refractivity contribution in [2.24, 2.45) is 0 Å². The first-order valence-electron chi connectivity index (χ1n) is 9.59. The van der Waals surface area contributed by atoms with Gasteiger partial charge in [-0.3, -0.25) is 4.72 Å². The highest BCUT2D eigenvalue weighted by Crippen LogP contribution is 2.30. The number of sulfonamides is 1. The fourth-order valence-corrected chi connectivity index (χ4v) is 4.96. The van der Waals surface area contributed by atoms with Gasteiger partial charge in [0.2, 0.25) is 5.95 Å². The first kappa shape index (κ1) is 21.0. The smallest absolute Gasteiger partial charge is 0.264 e. The number of aryl methyl sites for hydroxylation is 2. The van der Waals surface area contributed by atoms with E-state index < -0.39 is 10.0 Å². The molecule has 0 fully saturated rings. The Kier molecular flexibility index (Phi) is 5.51. The summed E-state index contributed by atoms with van der Waals surface area (Å²) in [6, 6.07) is 13.8. The Morgan fingerprint density at radius 2 is 1.87 bits per heavy atom. The Labute approximate surface area is 185 Å². The molecule has 0 saturated carbocycles. The Bertz CT molecular complexity index is 1410. The Hall–Kier alpha value is -3.23. The molecule has 0 aliphatic carbocycles. The molecule has 0 radical (unpaired) electrons. The largest absolute Gasteiger partial charge is 0.368 e. The summed E-state index contributed by atoms with van der Waals surface area (Å²) in [5, 5.41) is 1.03. The summed E-state index contributed by atoms with van der Waals surface area (Å²) in [5.74, 6) is 0.455. The maximum absolute atomic E-state index is 12.7. The van der Waals surface area contributed by atoms with E-state index in [0.29, 0.717) is 5.69 Å². The number of halogens is 1. The van der Waals surface area contributed by atoms with Crippen LogP contribution in [0.15, 0.2) is 59.6 Å². The van der Waals surface area contributed by atoms with Crippen LogP contribution in [0.1, 0.15) is 18.2 Å². The minimum Gasteiger partial charge on any atom is -0.368 e. The van der Waals surface area contributed by atoms with Crippen molar-refractivity contribution in [3.63, 3.8) is 0 Å². The molecule has 0 aliphatic heterocycles. The molecule has 0 spiro atoms. The Balaban J connectivity index is 1.71. The highest BCUT2D eigenvalue weighted by atomic mass is 35.5. The van der Waals surface area contributed by atoms with E-state index in [1.807, 2.05) is 25.1 Å². The SMILES string of the molecule is CCc1cc(-c2ccc(NS(=O)(=O)c3ccccc3Cl)nc2C)cc2cnc(N)nc12. The van der Waals surface area contributed by atoms with Gasteiger partial charge in [-0.25, -0.2) is 23.4 Å². The number of hydrogen-bond donors (Lipinski definition) is 2. The molecule has 0 atom stereocenters. The Morgan fingerprint density at radius 1 is 1.10 bits per heavy atom. The first-order valence-corrected chi connectivity index (χ1v) is 11.4. The van der Waals surface area contributed by atoms with E-state index in [0.717, 1.165) is 34.0 Å². The molecule has 0 aliphatic rings. The number of pyridine rings is 1. The van der Waals surface area contributed by atoms with Crippen LogP contribution in [0.25, 0.3) is 22.0 Å². The van der Waals surface area contributed by atoms with Crippen LogP contribution in [-0.4, -0.2) is 23.4 Å². The normalized spacial score (nSPS) is 11.6. The fraction of sp³-hybridized carbons (Fsp3) is 0.136. The zero-order valence-corrected chi connectivity index (χ0v) is 18.5. The van der Waals surface area contributed by atoms with Crippen LogP contribution >= 0.6 is 11.6 Å². The van der Waals surface area contributed by atoms with Gasteiger partial charge < -0.3 is 5.73 Å². The van der Waals surface area contributed by atoms with Crippen molar-refractivity contribution < 1.29 is 8.42 Å². The topological polar surface area (TPSA) is 111 Å². The number of nitrogens with zero attached hydrogens (tertiary/aromatic N) is 3. The first-order chi connectivity index (χ1) is 14.8. The zero-order chi connectivity index (χ0) is 22.2. The van der Waals surface area contributed by atoms with Gasteiger partial charge in [0, 0.05) is 22.8 Å². The van der Waals surface area contributed by atoms with Crippen molar-refractivity contribution in [2.75, 3.05) is 10.5 Å². The summed E-state index contributed by atoms with van der Waals surface area (Å²) in [7, 11) is -3.85. The predicted molar refractivity (Wildman–Crippen MR) is 124 cm³/mol. The van der Waals surface area contributed by atoms with E-state index >= 15 is 0 Å². The summed E-state index contributed by atoms with van der Waals surface area (Å²) < 4.78 is 27.9. The molecule has 2 aromatic heterocycles. The van der Waals surface area contributed by atoms with Gasteiger partial charge in [0.1, 0.15) is 10.7 Å². The monoisotopic (exact) mass is 453 g/mol. The van der Waals surface area contributed by atoms with Crippen LogP contribution in [-0.2, 0) is 16.4 Å². The van der Waals surface area contributed by atoms with Gasteiger partial charge in [0.15, 0.2) is 0 Å². The van der Waals surface area contributed by atoms with Crippen molar-refractivity contribution >= 4 is 44.3 Å². The van der Waals surface area contributed by atoms with Crippen LogP contribution in [0.4, 0.5) is 11.8 Å². The number of rotatable bonds is 5. The third-order valence-corrected chi connectivity index (χ3v) is 6.78. The molecule has 2 aromatic carbocycles. The van der Waals surface area contributed by atoms with Gasteiger partial charge in [-0.2, -0.15) is 0 Å². The standard InChI is InChI=1S/C22H20ClN5O2S/c1-3-14-10-15(11-16-12-25-22(24)27-21(14)16)17-8-9-20(26-13(17)2)28-31(29,30)19-7-5-4-6-18(19)23/h4-12H,3H2,1-2H3,(H,26,28)(H2,24,25,27). The predicted octanol–water partition coefficient (Wildman–Crippen LogP) is 4.60. The number of anilines is 2. The zero-order valence-electron chi connectivity index (χ0n) is 16.9. The third kappa shape index (κ3) is 4.17. The molecule has 0 bridgehead atoms. The maximum Gasteiger partial charge on any atom is 0.264 e. The van der Waals surface area contributed by atoms with Crippen molar-refractivity contribution in [2.45, 2.75) is 25.2 Å². The van der Waals surface area contributed by atoms with Gasteiger partial charge in [-0.1, -0.05) is 30.7 Å². The minimum absolute atomic E-state index is 0.00147. The molecule has 0 amide bonds. The number of aromatic nitrogens is 3. The summed E-state index contributed by atoms with van der Waals surface area (Å²) in [5.41, 5.74) is 10.1. The van der Waals surface area contributed by atoms with E-state index in [-0.39, 0.29) is 21.7 Å². The van der Waals surface area contributed by atoms with Crippen LogP contribution in [0, 0.1) is 6.92 Å². The molecule has 31 heavy (non-hydrogen) atoms. The molecular weight excluding hydrogens is 434 g/mol. The lowest BCUT2D eigenvalue weighted by Crippen LogP contribution is -2.14. The average molecular weight is 454 g/mol. The summed E-state index contributed by atoms with van der Waals surface area (Å²) in [4.78, 5) is 12.9. The van der Waals surface area contributed by atoms with Crippen molar-refractivity contribution in [3.8, 4) is 11.1 Å². The number of fused-ring (bicyclic) bond motifs is 1. The summed E-state index contributed by atoms with van der Waals surface area (Å²) in [6.45, 7) is 3.88. The van der Waals surface area contributed by atoms with Crippen molar-refractivity contribution in [1.29, 1.82) is 0 Å². The lowest BCUT2D eigenvalue weighted by molar-refractivity contribution is 0.601. The third-order valence-electron chi connectivity index (χ3n) is 4.92. The Morgan fingerprint density at radius 3 is 2.58 bits per heavy atom. The van der Waals surface area contributed by atoms with Crippen LogP contribution in [0.5, 0.6) is 0 Å². The van der Waals surface area contributed by atoms with E-state index in [4.69, 9.17) is 17.3 Å². The number of hydrogen-bond acceptors (Lipinski definition) is 6. The van der Waals surface area contributed by atoms with Gasteiger partial charge >= 0.3 is 0 Å². The number of benzene rings is 2. The lowest BCUT2D eigenvalue weighted by atomic mass is 9.98. The molecule has 4 rings (SSSR count). The second-order valence-corrected chi connectivity index (χ2v) is 9.08. The summed E-state index contributed by atoms with van der Waals surface area (Å²) >= 11 is 6.04. The quantitative estimate of drug-likeness (QED) is 0.456. The molecule has 0 unspecified atom stereocenters. The summed E-state index contributed by atoms with van der Waals surface area (Å²) in [6.07, 6.45) is 2.48. The number of nitrogens with one attached hydrogen (secondary N) is 1. The van der Waals surface area contributed by atoms with Gasteiger partial charge in [0.25, 0.3) is 10.0 Å². The highest BCUT2D eigenvalue weighted by Gasteiger charge is 2.19. The number of nitrogens with two attached hydrogens (primary N) is 1.